The molecule has 3 aromatic rings. The second kappa shape index (κ2) is 5.47. The third kappa shape index (κ3) is 2.68. The average molecular weight is 339 g/mol. The molecule has 0 saturated heterocycles. The lowest BCUT2D eigenvalue weighted by molar-refractivity contribution is -0.127. The summed E-state index contributed by atoms with van der Waals surface area (Å²) >= 11 is 0. The van der Waals surface area contributed by atoms with E-state index in [0.29, 0.717) is 11.3 Å². The Labute approximate surface area is 133 Å². The molecule has 3 rings (SSSR count). The summed E-state index contributed by atoms with van der Waals surface area (Å²) in [5.74, 6) is -0.506. The van der Waals surface area contributed by atoms with E-state index in [1.165, 1.54) is 25.1 Å². The molecule has 24 heavy (non-hydrogen) atoms. The van der Waals surface area contributed by atoms with Gasteiger partial charge in [-0.25, -0.2) is 13.9 Å². The lowest BCUT2D eigenvalue weighted by Gasteiger charge is -2.09. The Hall–Kier alpha value is -2.64. The molecular formula is C16H13F4N3O. The minimum Gasteiger partial charge on any atom is -0.293 e. The van der Waals surface area contributed by atoms with Gasteiger partial charge in [-0.15, -0.1) is 0 Å². The molecule has 0 aliphatic rings. The van der Waals surface area contributed by atoms with Crippen molar-refractivity contribution in [3.63, 3.8) is 0 Å². The Morgan fingerprint density at radius 1 is 1.21 bits per heavy atom. The number of aryl methyl sites for hydroxylation is 2. The van der Waals surface area contributed by atoms with E-state index in [-0.39, 0.29) is 16.9 Å². The van der Waals surface area contributed by atoms with E-state index in [0.717, 1.165) is 4.52 Å². The fourth-order valence-corrected chi connectivity index (χ4v) is 2.72. The number of aromatic nitrogens is 3. The van der Waals surface area contributed by atoms with Crippen LogP contribution >= 0.6 is 0 Å². The van der Waals surface area contributed by atoms with Gasteiger partial charge in [0, 0.05) is 28.1 Å². The van der Waals surface area contributed by atoms with E-state index >= 15 is 0 Å². The molecule has 0 aliphatic heterocycles. The summed E-state index contributed by atoms with van der Waals surface area (Å²) in [5, 5.41) is 2.68. The van der Waals surface area contributed by atoms with Gasteiger partial charge in [0.2, 0.25) is 0 Å². The second-order valence-corrected chi connectivity index (χ2v) is 5.52. The highest BCUT2D eigenvalue weighted by atomic mass is 19.4. The zero-order valence-corrected chi connectivity index (χ0v) is 12.8. The van der Waals surface area contributed by atoms with Crippen molar-refractivity contribution in [1.82, 2.24) is 14.6 Å². The highest BCUT2D eigenvalue weighted by molar-refractivity contribution is 5.80. The summed E-state index contributed by atoms with van der Waals surface area (Å²) in [6.45, 7) is 2.95. The SMILES string of the molecule is Cc1nc2c(-c3ccccc3F)c(C)[nH]n2c(=O)c1CC(F)(F)F. The number of H-pyrrole nitrogens is 1. The van der Waals surface area contributed by atoms with Gasteiger partial charge >= 0.3 is 6.18 Å². The van der Waals surface area contributed by atoms with Gasteiger partial charge in [0.05, 0.1) is 6.42 Å². The number of halogens is 4. The van der Waals surface area contributed by atoms with Crippen LogP contribution in [0, 0.1) is 19.7 Å². The molecule has 1 N–H and O–H groups in total. The Kier molecular flexibility index (Phi) is 3.70. The number of fused-ring (bicyclic) bond motifs is 1. The number of rotatable bonds is 2. The number of benzene rings is 1. The summed E-state index contributed by atoms with van der Waals surface area (Å²) in [7, 11) is 0. The van der Waals surface area contributed by atoms with Crippen molar-refractivity contribution in [1.29, 1.82) is 0 Å². The molecular weight excluding hydrogens is 326 g/mol. The summed E-state index contributed by atoms with van der Waals surface area (Å²) in [5.41, 5.74) is -0.162. The van der Waals surface area contributed by atoms with Crippen molar-refractivity contribution in [2.75, 3.05) is 0 Å². The van der Waals surface area contributed by atoms with Gasteiger partial charge in [-0.2, -0.15) is 13.2 Å². The van der Waals surface area contributed by atoms with E-state index < -0.39 is 29.5 Å². The van der Waals surface area contributed by atoms with Crippen LogP contribution in [0.4, 0.5) is 17.6 Å². The van der Waals surface area contributed by atoms with E-state index in [1.807, 2.05) is 0 Å². The van der Waals surface area contributed by atoms with Crippen LogP contribution in [-0.4, -0.2) is 20.8 Å². The third-order valence-electron chi connectivity index (χ3n) is 3.78. The minimum absolute atomic E-state index is 0.0195. The molecule has 1 aromatic carbocycles. The Morgan fingerprint density at radius 2 is 1.88 bits per heavy atom. The molecule has 0 fully saturated rings. The number of aromatic amines is 1. The number of nitrogens with one attached hydrogen (secondary N) is 1. The fourth-order valence-electron chi connectivity index (χ4n) is 2.72. The lowest BCUT2D eigenvalue weighted by atomic mass is 10.1. The van der Waals surface area contributed by atoms with Gasteiger partial charge in [0.25, 0.3) is 5.56 Å². The van der Waals surface area contributed by atoms with E-state index in [9.17, 15) is 22.4 Å². The highest BCUT2D eigenvalue weighted by Gasteiger charge is 2.31. The van der Waals surface area contributed by atoms with Crippen molar-refractivity contribution >= 4 is 5.65 Å². The van der Waals surface area contributed by atoms with Crippen LogP contribution in [0.5, 0.6) is 0 Å². The van der Waals surface area contributed by atoms with Crippen molar-refractivity contribution in [3.05, 3.63) is 57.4 Å². The number of nitrogens with zero attached hydrogens (tertiary/aromatic N) is 2. The standard InChI is InChI=1S/C16H13F4N3O/c1-8-11(7-16(18,19)20)15(24)23-14(21-8)13(9(2)22-23)10-5-3-4-6-12(10)17/h3-6,22H,7H2,1-2H3. The first-order chi connectivity index (χ1) is 11.2. The number of hydrogen-bond donors (Lipinski definition) is 1. The first-order valence-corrected chi connectivity index (χ1v) is 7.11. The van der Waals surface area contributed by atoms with Crippen LogP contribution in [0.2, 0.25) is 0 Å². The van der Waals surface area contributed by atoms with E-state index in [4.69, 9.17) is 0 Å². The van der Waals surface area contributed by atoms with Crippen LogP contribution in [0.3, 0.4) is 0 Å². The lowest BCUT2D eigenvalue weighted by Crippen LogP contribution is -2.26. The van der Waals surface area contributed by atoms with Crippen molar-refractivity contribution in [2.24, 2.45) is 0 Å². The summed E-state index contributed by atoms with van der Waals surface area (Å²) in [4.78, 5) is 16.5. The maximum absolute atomic E-state index is 14.1. The quantitative estimate of drug-likeness (QED) is 0.726. The number of hydrogen-bond acceptors (Lipinski definition) is 2. The Bertz CT molecular complexity index is 985. The van der Waals surface area contributed by atoms with Crippen LogP contribution in [-0.2, 0) is 6.42 Å². The Morgan fingerprint density at radius 3 is 2.50 bits per heavy atom. The van der Waals surface area contributed by atoms with Crippen LogP contribution in [0.15, 0.2) is 29.1 Å². The Balaban J connectivity index is 2.31. The smallest absolute Gasteiger partial charge is 0.293 e. The number of alkyl halides is 3. The summed E-state index contributed by atoms with van der Waals surface area (Å²) in [6.07, 6.45) is -5.88. The summed E-state index contributed by atoms with van der Waals surface area (Å²) in [6, 6.07) is 5.94. The molecule has 0 bridgehead atoms. The molecule has 0 radical (unpaired) electrons. The molecule has 0 spiro atoms. The second-order valence-electron chi connectivity index (χ2n) is 5.52. The zero-order valence-electron chi connectivity index (χ0n) is 12.8. The monoisotopic (exact) mass is 339 g/mol. The predicted octanol–water partition coefficient (Wildman–Crippen LogP) is 3.55. The van der Waals surface area contributed by atoms with E-state index in [1.54, 1.807) is 13.0 Å². The largest absolute Gasteiger partial charge is 0.393 e. The van der Waals surface area contributed by atoms with Gasteiger partial charge in [-0.05, 0) is 19.9 Å². The molecule has 2 heterocycles. The van der Waals surface area contributed by atoms with Gasteiger partial charge in [-0.3, -0.25) is 9.89 Å². The first-order valence-electron chi connectivity index (χ1n) is 7.11. The maximum atomic E-state index is 14.1. The predicted molar refractivity (Wildman–Crippen MR) is 80.4 cm³/mol. The van der Waals surface area contributed by atoms with Crippen LogP contribution in [0.25, 0.3) is 16.8 Å². The molecule has 126 valence electrons. The molecule has 0 saturated carbocycles. The molecule has 0 aliphatic carbocycles. The maximum Gasteiger partial charge on any atom is 0.393 e. The van der Waals surface area contributed by atoms with E-state index in [2.05, 4.69) is 10.1 Å². The van der Waals surface area contributed by atoms with Crippen molar-refractivity contribution in [3.8, 4) is 11.1 Å². The van der Waals surface area contributed by atoms with Crippen molar-refractivity contribution < 1.29 is 17.6 Å². The molecule has 4 nitrogen and oxygen atoms in total. The van der Waals surface area contributed by atoms with Crippen LogP contribution < -0.4 is 5.56 Å². The van der Waals surface area contributed by atoms with Gasteiger partial charge in [0.1, 0.15) is 5.82 Å². The van der Waals surface area contributed by atoms with Gasteiger partial charge < -0.3 is 0 Å². The van der Waals surface area contributed by atoms with Gasteiger partial charge in [0.15, 0.2) is 5.65 Å². The zero-order chi connectivity index (χ0) is 17.6. The fraction of sp³-hybridized carbons (Fsp3) is 0.250. The molecule has 0 amide bonds. The molecule has 2 aromatic heterocycles. The molecule has 0 unspecified atom stereocenters. The highest BCUT2D eigenvalue weighted by Crippen LogP contribution is 2.29. The first kappa shape index (κ1) is 16.2. The minimum atomic E-state index is -4.52. The normalized spacial score (nSPS) is 12.1. The van der Waals surface area contributed by atoms with Crippen LogP contribution in [0.1, 0.15) is 17.0 Å². The third-order valence-corrected chi connectivity index (χ3v) is 3.78. The summed E-state index contributed by atoms with van der Waals surface area (Å²) < 4.78 is 53.0. The average Bonchev–Trinajstić information content (AvgIpc) is 2.80. The molecule has 8 heteroatoms. The van der Waals surface area contributed by atoms with Gasteiger partial charge in [-0.1, -0.05) is 18.2 Å². The molecule has 0 atom stereocenters. The topological polar surface area (TPSA) is 50.2 Å². The van der Waals surface area contributed by atoms with Crippen molar-refractivity contribution in [2.45, 2.75) is 26.4 Å².